The van der Waals surface area contributed by atoms with Gasteiger partial charge in [0.15, 0.2) is 6.29 Å². The van der Waals surface area contributed by atoms with E-state index in [2.05, 4.69) is 13.8 Å². The lowest BCUT2D eigenvalue weighted by molar-refractivity contribution is -0.314. The van der Waals surface area contributed by atoms with Gasteiger partial charge in [-0.2, -0.15) is 0 Å². The van der Waals surface area contributed by atoms with Crippen molar-refractivity contribution in [3.05, 3.63) is 35.9 Å². The minimum Gasteiger partial charge on any atom is -0.480 e. The lowest BCUT2D eigenvalue weighted by Gasteiger charge is -2.45. The number of hydrogen-bond acceptors (Lipinski definition) is 6. The van der Waals surface area contributed by atoms with Crippen molar-refractivity contribution in [2.45, 2.75) is 64.0 Å². The van der Waals surface area contributed by atoms with E-state index in [1.54, 1.807) is 14.2 Å². The Kier molecular flexibility index (Phi) is 9.34. The van der Waals surface area contributed by atoms with Gasteiger partial charge in [0, 0.05) is 14.2 Å². The SMILES string of the molecule is CO[C@@H]1[C@H](OCc2ccccc2)[C@@H](OCC(=O)O)O[C@H](CCC(C)C)[C@H]1OC. The van der Waals surface area contributed by atoms with Crippen LogP contribution in [0, 0.1) is 5.92 Å². The quantitative estimate of drug-likeness (QED) is 0.616. The van der Waals surface area contributed by atoms with Crippen LogP contribution in [0.1, 0.15) is 32.3 Å². The molecule has 0 unspecified atom stereocenters. The molecule has 0 bridgehead atoms. The second-order valence-corrected chi connectivity index (χ2v) is 7.38. The van der Waals surface area contributed by atoms with Crippen LogP contribution in [0.15, 0.2) is 30.3 Å². The summed E-state index contributed by atoms with van der Waals surface area (Å²) in [5, 5.41) is 9.02. The summed E-state index contributed by atoms with van der Waals surface area (Å²) in [7, 11) is 3.21. The molecule has 0 aromatic heterocycles. The molecule has 1 saturated heterocycles. The Morgan fingerprint density at radius 1 is 1.07 bits per heavy atom. The fourth-order valence-electron chi connectivity index (χ4n) is 3.39. The molecule has 0 amide bonds. The fourth-order valence-corrected chi connectivity index (χ4v) is 3.39. The topological polar surface area (TPSA) is 83.5 Å². The average Bonchev–Trinajstić information content (AvgIpc) is 2.69. The summed E-state index contributed by atoms with van der Waals surface area (Å²) in [6.07, 6.45) is -0.824. The minimum absolute atomic E-state index is 0.271. The van der Waals surface area contributed by atoms with E-state index in [0.29, 0.717) is 12.5 Å². The Morgan fingerprint density at radius 3 is 2.32 bits per heavy atom. The zero-order valence-corrected chi connectivity index (χ0v) is 17.1. The Labute approximate surface area is 166 Å². The van der Waals surface area contributed by atoms with Crippen LogP contribution in [-0.2, 0) is 35.1 Å². The van der Waals surface area contributed by atoms with Crippen LogP contribution in [0.2, 0.25) is 0 Å². The molecule has 1 N–H and O–H groups in total. The molecule has 1 heterocycles. The van der Waals surface area contributed by atoms with E-state index in [1.165, 1.54) is 0 Å². The molecular weight excluding hydrogens is 364 g/mol. The van der Waals surface area contributed by atoms with Crippen molar-refractivity contribution in [1.82, 2.24) is 0 Å². The number of carboxylic acids is 1. The van der Waals surface area contributed by atoms with Crippen molar-refractivity contribution >= 4 is 5.97 Å². The van der Waals surface area contributed by atoms with E-state index >= 15 is 0 Å². The van der Waals surface area contributed by atoms with Crippen LogP contribution in [0.3, 0.4) is 0 Å². The molecule has 158 valence electrons. The van der Waals surface area contributed by atoms with Gasteiger partial charge in [-0.3, -0.25) is 0 Å². The molecule has 7 nitrogen and oxygen atoms in total. The molecule has 1 aromatic rings. The number of hydrogen-bond donors (Lipinski definition) is 1. The van der Waals surface area contributed by atoms with Gasteiger partial charge in [-0.25, -0.2) is 4.79 Å². The maximum Gasteiger partial charge on any atom is 0.329 e. The van der Waals surface area contributed by atoms with Crippen LogP contribution >= 0.6 is 0 Å². The average molecular weight is 396 g/mol. The monoisotopic (exact) mass is 396 g/mol. The third-order valence-corrected chi connectivity index (χ3v) is 4.82. The molecule has 2 rings (SSSR count). The zero-order chi connectivity index (χ0) is 20.5. The summed E-state index contributed by atoms with van der Waals surface area (Å²) in [5.41, 5.74) is 0.991. The summed E-state index contributed by atoms with van der Waals surface area (Å²) < 4.78 is 29.1. The zero-order valence-electron chi connectivity index (χ0n) is 17.1. The van der Waals surface area contributed by atoms with Gasteiger partial charge >= 0.3 is 5.97 Å². The molecule has 1 aromatic carbocycles. The van der Waals surface area contributed by atoms with Gasteiger partial charge in [-0.1, -0.05) is 44.2 Å². The Balaban J connectivity index is 2.16. The predicted octanol–water partition coefficient (Wildman–Crippen LogP) is 2.86. The lowest BCUT2D eigenvalue weighted by atomic mass is 9.93. The summed E-state index contributed by atoms with van der Waals surface area (Å²) in [6.45, 7) is 4.14. The Hall–Kier alpha value is -1.51. The summed E-state index contributed by atoms with van der Waals surface area (Å²) in [5.74, 6) is -0.556. The third kappa shape index (κ3) is 6.53. The number of methoxy groups -OCH3 is 2. The first-order chi connectivity index (χ1) is 13.5. The highest BCUT2D eigenvalue weighted by Gasteiger charge is 2.48. The highest BCUT2D eigenvalue weighted by Crippen LogP contribution is 2.31. The van der Waals surface area contributed by atoms with Crippen molar-refractivity contribution in [2.24, 2.45) is 5.92 Å². The lowest BCUT2D eigenvalue weighted by Crippen LogP contribution is -2.60. The van der Waals surface area contributed by atoms with E-state index in [0.717, 1.165) is 18.4 Å². The van der Waals surface area contributed by atoms with E-state index in [4.69, 9.17) is 28.8 Å². The minimum atomic E-state index is -1.06. The van der Waals surface area contributed by atoms with Crippen LogP contribution < -0.4 is 0 Å². The number of aliphatic carboxylic acids is 1. The molecule has 1 aliphatic rings. The first kappa shape index (κ1) is 22.8. The van der Waals surface area contributed by atoms with Crippen LogP contribution in [-0.4, -0.2) is 62.6 Å². The molecule has 1 aliphatic heterocycles. The molecule has 0 radical (unpaired) electrons. The third-order valence-electron chi connectivity index (χ3n) is 4.82. The number of carbonyl (C=O) groups is 1. The molecule has 0 spiro atoms. The van der Waals surface area contributed by atoms with Crippen molar-refractivity contribution in [1.29, 1.82) is 0 Å². The molecular formula is C21H32O7. The van der Waals surface area contributed by atoms with E-state index in [9.17, 15) is 4.79 Å². The first-order valence-electron chi connectivity index (χ1n) is 9.66. The van der Waals surface area contributed by atoms with Crippen LogP contribution in [0.25, 0.3) is 0 Å². The Morgan fingerprint density at radius 2 is 1.75 bits per heavy atom. The van der Waals surface area contributed by atoms with Gasteiger partial charge in [0.05, 0.1) is 12.7 Å². The predicted molar refractivity (Wildman–Crippen MR) is 103 cm³/mol. The summed E-state index contributed by atoms with van der Waals surface area (Å²) in [6, 6.07) is 9.71. The van der Waals surface area contributed by atoms with Gasteiger partial charge in [-0.05, 0) is 24.3 Å². The van der Waals surface area contributed by atoms with Gasteiger partial charge in [0.25, 0.3) is 0 Å². The molecule has 1 fully saturated rings. The van der Waals surface area contributed by atoms with E-state index in [-0.39, 0.29) is 12.2 Å². The second-order valence-electron chi connectivity index (χ2n) is 7.38. The van der Waals surface area contributed by atoms with E-state index in [1.807, 2.05) is 30.3 Å². The molecule has 28 heavy (non-hydrogen) atoms. The van der Waals surface area contributed by atoms with Crippen molar-refractivity contribution in [3.8, 4) is 0 Å². The standard InChI is InChI=1S/C21H32O7/c1-14(2)10-11-16-18(24-3)19(25-4)20(21(28-16)27-13-17(22)23)26-12-15-8-6-5-7-9-15/h5-9,14,16,18-21H,10-13H2,1-4H3,(H,22,23)/t16-,18-,19+,20+,21+/m1/s1. The number of rotatable bonds is 11. The Bertz CT molecular complexity index is 577. The van der Waals surface area contributed by atoms with Gasteiger partial charge in [0.2, 0.25) is 0 Å². The van der Waals surface area contributed by atoms with Crippen LogP contribution in [0.4, 0.5) is 0 Å². The second kappa shape index (κ2) is 11.5. The van der Waals surface area contributed by atoms with Crippen molar-refractivity contribution in [3.63, 3.8) is 0 Å². The van der Waals surface area contributed by atoms with Crippen molar-refractivity contribution in [2.75, 3.05) is 20.8 Å². The molecule has 0 aliphatic carbocycles. The number of ether oxygens (including phenoxy) is 5. The van der Waals surface area contributed by atoms with Gasteiger partial charge < -0.3 is 28.8 Å². The largest absolute Gasteiger partial charge is 0.480 e. The number of benzene rings is 1. The highest BCUT2D eigenvalue weighted by molar-refractivity contribution is 5.68. The van der Waals surface area contributed by atoms with E-state index < -0.39 is 31.1 Å². The normalized spacial score (nSPS) is 27.8. The smallest absolute Gasteiger partial charge is 0.329 e. The molecule has 0 saturated carbocycles. The van der Waals surface area contributed by atoms with Crippen LogP contribution in [0.5, 0.6) is 0 Å². The summed E-state index contributed by atoms with van der Waals surface area (Å²) >= 11 is 0. The number of carboxylic acid groups (broad SMARTS) is 1. The molecule has 5 atom stereocenters. The molecule has 7 heteroatoms. The maximum atomic E-state index is 11.0. The highest BCUT2D eigenvalue weighted by atomic mass is 16.7. The first-order valence-corrected chi connectivity index (χ1v) is 9.66. The van der Waals surface area contributed by atoms with Gasteiger partial charge in [0.1, 0.15) is 24.9 Å². The van der Waals surface area contributed by atoms with Gasteiger partial charge in [-0.15, -0.1) is 0 Å². The maximum absolute atomic E-state index is 11.0. The van der Waals surface area contributed by atoms with Crippen molar-refractivity contribution < 1.29 is 33.6 Å². The fraction of sp³-hybridized carbons (Fsp3) is 0.667. The summed E-state index contributed by atoms with van der Waals surface area (Å²) in [4.78, 5) is 11.0.